The van der Waals surface area contributed by atoms with Gasteiger partial charge in [0.2, 0.25) is 0 Å². The largest absolute Gasteiger partial charge is 0.377 e. The van der Waals surface area contributed by atoms with Crippen molar-refractivity contribution in [2.24, 2.45) is 0 Å². The van der Waals surface area contributed by atoms with E-state index in [0.29, 0.717) is 11.4 Å². The Morgan fingerprint density at radius 1 is 1.40 bits per heavy atom. The maximum Gasteiger partial charge on any atom is 0.164 e. The molecule has 1 aliphatic heterocycles. The first kappa shape index (κ1) is 15.5. The molecule has 3 nitrogen and oxygen atoms in total. The summed E-state index contributed by atoms with van der Waals surface area (Å²) < 4.78 is 5.57. The molecule has 20 heavy (non-hydrogen) atoms. The third kappa shape index (κ3) is 4.05. The van der Waals surface area contributed by atoms with Gasteiger partial charge in [-0.05, 0) is 50.6 Å². The minimum atomic E-state index is -0.0679. The standard InChI is InChI=1S/C16H22ClNO2/c1-16(20-2)9-3-10-18(12-16)11-8-15(19)13-4-6-14(17)7-5-13/h4-7H,3,8-12H2,1-2H3. The Balaban J connectivity index is 1.85. The molecule has 0 radical (unpaired) electrons. The zero-order valence-electron chi connectivity index (χ0n) is 12.2. The van der Waals surface area contributed by atoms with E-state index in [1.54, 1.807) is 31.4 Å². The van der Waals surface area contributed by atoms with Crippen LogP contribution in [0.25, 0.3) is 0 Å². The lowest BCUT2D eigenvalue weighted by molar-refractivity contribution is -0.0503. The highest BCUT2D eigenvalue weighted by atomic mass is 35.5. The van der Waals surface area contributed by atoms with Gasteiger partial charge >= 0.3 is 0 Å². The van der Waals surface area contributed by atoms with Crippen molar-refractivity contribution in [3.63, 3.8) is 0 Å². The lowest BCUT2D eigenvalue weighted by Crippen LogP contribution is -2.47. The lowest BCUT2D eigenvalue weighted by atomic mass is 9.94. The Kier molecular flexibility index (Phi) is 5.19. The number of nitrogens with zero attached hydrogens (tertiary/aromatic N) is 1. The molecule has 1 aliphatic rings. The number of carbonyl (C=O) groups excluding carboxylic acids is 1. The zero-order valence-corrected chi connectivity index (χ0v) is 12.9. The van der Waals surface area contributed by atoms with Crippen LogP contribution >= 0.6 is 11.6 Å². The first-order valence-corrected chi connectivity index (χ1v) is 7.46. The molecule has 1 unspecified atom stereocenters. The van der Waals surface area contributed by atoms with Crippen LogP contribution < -0.4 is 0 Å². The molecule has 1 heterocycles. The van der Waals surface area contributed by atoms with Crippen molar-refractivity contribution in [3.05, 3.63) is 34.9 Å². The molecule has 2 rings (SSSR count). The fourth-order valence-corrected chi connectivity index (χ4v) is 2.83. The number of rotatable bonds is 5. The summed E-state index contributed by atoms with van der Waals surface area (Å²) in [5, 5.41) is 0.661. The van der Waals surface area contributed by atoms with Gasteiger partial charge in [-0.1, -0.05) is 11.6 Å². The molecular formula is C16H22ClNO2. The SMILES string of the molecule is COC1(C)CCCN(CCC(=O)c2ccc(Cl)cc2)C1. The molecular weight excluding hydrogens is 274 g/mol. The molecule has 110 valence electrons. The molecule has 1 aromatic carbocycles. The Hall–Kier alpha value is -0.900. The molecule has 1 atom stereocenters. The highest BCUT2D eigenvalue weighted by Crippen LogP contribution is 2.24. The molecule has 1 aromatic rings. The number of halogens is 1. The quantitative estimate of drug-likeness (QED) is 0.780. The Labute approximate surface area is 125 Å². The van der Waals surface area contributed by atoms with E-state index in [1.807, 2.05) is 0 Å². The van der Waals surface area contributed by atoms with Crippen LogP contribution in [0.1, 0.15) is 36.5 Å². The first-order chi connectivity index (χ1) is 9.52. The van der Waals surface area contributed by atoms with E-state index < -0.39 is 0 Å². The van der Waals surface area contributed by atoms with Crippen molar-refractivity contribution >= 4 is 17.4 Å². The number of methoxy groups -OCH3 is 1. The van der Waals surface area contributed by atoms with Gasteiger partial charge in [0.05, 0.1) is 5.60 Å². The van der Waals surface area contributed by atoms with Crippen LogP contribution in [0, 0.1) is 0 Å². The number of likely N-dealkylation sites (tertiary alicyclic amines) is 1. The number of hydrogen-bond donors (Lipinski definition) is 0. The topological polar surface area (TPSA) is 29.5 Å². The van der Waals surface area contributed by atoms with Gasteiger partial charge in [0, 0.05) is 37.2 Å². The van der Waals surface area contributed by atoms with E-state index in [2.05, 4.69) is 11.8 Å². The van der Waals surface area contributed by atoms with E-state index in [-0.39, 0.29) is 11.4 Å². The van der Waals surface area contributed by atoms with Crippen molar-refractivity contribution in [2.45, 2.75) is 31.8 Å². The Morgan fingerprint density at radius 2 is 2.10 bits per heavy atom. The fourth-order valence-electron chi connectivity index (χ4n) is 2.70. The van der Waals surface area contributed by atoms with Gasteiger partial charge in [-0.15, -0.1) is 0 Å². The Bertz CT molecular complexity index is 460. The summed E-state index contributed by atoms with van der Waals surface area (Å²) in [5.74, 6) is 0.173. The monoisotopic (exact) mass is 295 g/mol. The number of piperidine rings is 1. The van der Waals surface area contributed by atoms with Gasteiger partial charge in [-0.25, -0.2) is 0 Å². The van der Waals surface area contributed by atoms with E-state index in [9.17, 15) is 4.79 Å². The summed E-state index contributed by atoms with van der Waals surface area (Å²) >= 11 is 5.83. The first-order valence-electron chi connectivity index (χ1n) is 7.09. The maximum atomic E-state index is 12.1. The third-order valence-electron chi connectivity index (χ3n) is 4.05. The van der Waals surface area contributed by atoms with Gasteiger partial charge in [0.25, 0.3) is 0 Å². The molecule has 4 heteroatoms. The van der Waals surface area contributed by atoms with Gasteiger partial charge in [-0.3, -0.25) is 4.79 Å². The van der Waals surface area contributed by atoms with Crippen LogP contribution in [0.15, 0.2) is 24.3 Å². The number of hydrogen-bond acceptors (Lipinski definition) is 3. The summed E-state index contributed by atoms with van der Waals surface area (Å²) in [7, 11) is 1.77. The summed E-state index contributed by atoms with van der Waals surface area (Å²) in [6.45, 7) is 4.88. The number of benzene rings is 1. The molecule has 0 N–H and O–H groups in total. The predicted octanol–water partition coefficient (Wildman–Crippen LogP) is 3.41. The van der Waals surface area contributed by atoms with Gasteiger partial charge in [-0.2, -0.15) is 0 Å². The average molecular weight is 296 g/mol. The van der Waals surface area contributed by atoms with Gasteiger partial charge in [0.1, 0.15) is 0 Å². The van der Waals surface area contributed by atoms with Crippen LogP contribution in [0.3, 0.4) is 0 Å². The second-order valence-corrected chi connectivity index (χ2v) is 6.15. The van der Waals surface area contributed by atoms with Gasteiger partial charge < -0.3 is 9.64 Å². The summed E-state index contributed by atoms with van der Waals surface area (Å²) in [6.07, 6.45) is 2.76. The van der Waals surface area contributed by atoms with Crippen molar-refractivity contribution in [1.29, 1.82) is 0 Å². The fraction of sp³-hybridized carbons (Fsp3) is 0.562. The molecule has 0 aliphatic carbocycles. The zero-order chi connectivity index (χ0) is 14.6. The molecule has 0 aromatic heterocycles. The van der Waals surface area contributed by atoms with E-state index in [1.165, 1.54) is 0 Å². The minimum Gasteiger partial charge on any atom is -0.377 e. The second-order valence-electron chi connectivity index (χ2n) is 5.71. The normalized spacial score (nSPS) is 23.8. The number of ketones is 1. The number of Topliss-reactive ketones (excluding diaryl/α,β-unsaturated/α-hetero) is 1. The molecule has 0 bridgehead atoms. The second kappa shape index (κ2) is 6.70. The van der Waals surface area contributed by atoms with Crippen molar-refractivity contribution in [3.8, 4) is 0 Å². The Morgan fingerprint density at radius 3 is 2.75 bits per heavy atom. The molecule has 1 fully saturated rings. The van der Waals surface area contributed by atoms with Gasteiger partial charge in [0.15, 0.2) is 5.78 Å². The average Bonchev–Trinajstić information content (AvgIpc) is 2.46. The highest BCUT2D eigenvalue weighted by Gasteiger charge is 2.30. The van der Waals surface area contributed by atoms with Crippen LogP contribution in [0.4, 0.5) is 0 Å². The van der Waals surface area contributed by atoms with Crippen molar-refractivity contribution in [2.75, 3.05) is 26.7 Å². The summed E-state index contributed by atoms with van der Waals surface area (Å²) in [4.78, 5) is 14.4. The van der Waals surface area contributed by atoms with Crippen molar-refractivity contribution < 1.29 is 9.53 Å². The van der Waals surface area contributed by atoms with Crippen LogP contribution in [0.5, 0.6) is 0 Å². The highest BCUT2D eigenvalue weighted by molar-refractivity contribution is 6.30. The molecule has 0 amide bonds. The molecule has 1 saturated heterocycles. The van der Waals surface area contributed by atoms with E-state index >= 15 is 0 Å². The number of carbonyl (C=O) groups is 1. The van der Waals surface area contributed by atoms with Crippen molar-refractivity contribution in [1.82, 2.24) is 4.90 Å². The summed E-state index contributed by atoms with van der Waals surface area (Å²) in [6, 6.07) is 7.11. The van der Waals surface area contributed by atoms with Crippen LogP contribution in [-0.4, -0.2) is 43.0 Å². The molecule has 0 saturated carbocycles. The smallest absolute Gasteiger partial charge is 0.164 e. The molecule has 0 spiro atoms. The summed E-state index contributed by atoms with van der Waals surface area (Å²) in [5.41, 5.74) is 0.669. The van der Waals surface area contributed by atoms with Crippen LogP contribution in [-0.2, 0) is 4.74 Å². The minimum absolute atomic E-state index is 0.0679. The number of ether oxygens (including phenoxy) is 1. The van der Waals surface area contributed by atoms with E-state index in [0.717, 1.165) is 38.0 Å². The third-order valence-corrected chi connectivity index (χ3v) is 4.30. The lowest BCUT2D eigenvalue weighted by Gasteiger charge is -2.39. The maximum absolute atomic E-state index is 12.1. The predicted molar refractivity (Wildman–Crippen MR) is 81.5 cm³/mol. The van der Waals surface area contributed by atoms with Crippen LogP contribution in [0.2, 0.25) is 5.02 Å². The van der Waals surface area contributed by atoms with E-state index in [4.69, 9.17) is 16.3 Å².